The smallest absolute Gasteiger partial charge is 0.411 e. The van der Waals surface area contributed by atoms with E-state index >= 15 is 0 Å². The number of aryl methyl sites for hydroxylation is 16. The Kier molecular flexibility index (Phi) is 39.1. The zero-order chi connectivity index (χ0) is 103. The van der Waals surface area contributed by atoms with Crippen LogP contribution in [-0.4, -0.2) is 38.9 Å². The third-order valence-electron chi connectivity index (χ3n) is 23.3. The first kappa shape index (κ1) is 112. The molecule has 0 heterocycles. The van der Waals surface area contributed by atoms with Gasteiger partial charge in [-0.05, 0) is 263 Å². The zero-order valence-corrected chi connectivity index (χ0v) is 82.8. The molecule has 0 aliphatic rings. The number of fused-ring (bicyclic) bond motifs is 1. The molecule has 0 aliphatic carbocycles. The van der Waals surface area contributed by atoms with E-state index in [9.17, 15) is 65.9 Å². The molecule has 143 heavy (non-hydrogen) atoms. The molecule has 0 atom stereocenters. The molecule has 0 aliphatic heterocycles. The largest absolute Gasteiger partial charge is 0.457 e. The van der Waals surface area contributed by atoms with Crippen LogP contribution < -0.4 is 14.2 Å². The Morgan fingerprint density at radius 1 is 0.203 bits per heavy atom. The highest BCUT2D eigenvalue weighted by atomic mass is 32.2. The molecular formula is C124H118F12O6S. The molecular weight excluding hydrogens is 1850 g/mol. The molecule has 0 saturated carbocycles. The third-order valence-corrected chi connectivity index (χ3v) is 25.1. The number of carbonyl (C=O) groups is 1. The predicted molar refractivity (Wildman–Crippen MR) is 557 cm³/mol. The first-order chi connectivity index (χ1) is 67.1. The van der Waals surface area contributed by atoms with Crippen molar-refractivity contribution >= 4 is 26.4 Å². The minimum absolute atomic E-state index is 0. The van der Waals surface area contributed by atoms with Crippen LogP contribution in [0.5, 0.6) is 34.5 Å². The van der Waals surface area contributed by atoms with Crippen LogP contribution in [0.1, 0.15) is 135 Å². The molecule has 17 aromatic rings. The average Bonchev–Trinajstić information content (AvgIpc) is 0.731. The predicted octanol–water partition coefficient (Wildman–Crippen LogP) is 36.1. The lowest BCUT2D eigenvalue weighted by atomic mass is 9.72. The number of sulfone groups is 1. The van der Waals surface area contributed by atoms with E-state index in [1.165, 1.54) is 102 Å². The Labute approximate surface area is 833 Å². The van der Waals surface area contributed by atoms with E-state index in [4.69, 9.17) is 14.2 Å². The lowest BCUT2D eigenvalue weighted by Gasteiger charge is -2.38. The van der Waals surface area contributed by atoms with Gasteiger partial charge in [-0.3, -0.25) is 4.79 Å². The number of carbonyl (C=O) groups excluding carboxylic acids is 1. The standard InChI is InChI=1S/C29H22F6O2.C17H14F6.C15H14O.C14H14O2S.C14H14O.C14H14.C12H12.C8H10.CH4/c1-19-3-11-23(12-4-19)36-25-15-7-21(8-16-25)27(28(30,31)32,29(33,34)35)22-9-17-26(18-10-22)37-24-13-5-20(2)6-14-24;1-11-3-7-13(8-4-11)15(16(18,19)20,17(21,22)23)14-9-5-12(2)6-10-14;1-11-3-7-13(8-4-11)15(16)14-9-5-12(2)6-10-14;1-11-3-7-13(8-4-11)17(15,16)14-9-5-12(2)6-10-14;1-11-3-7-13(8-4-11)15-14-9-5-12(2)6-10-14;1-11-3-7-13(8-4-11)14-9-5-12(2)6-10-14;1-9-5-3-8-12-10(2)6-4-7-11(9)12;1-7-3-5-8(2)6-4-7;/h3-18H,1-2H3;3-10H,1-2H3;3-10H,1-2H3;3-10H,1-2H3;3-10H,1-2H3;3-10H,1-2H3;3-8H,1-2H3;3-6H,1-2H3;1H4. The van der Waals surface area contributed by atoms with E-state index in [-0.39, 0.29) is 24.7 Å². The lowest BCUT2D eigenvalue weighted by Crippen LogP contribution is -2.54. The van der Waals surface area contributed by atoms with Crippen molar-refractivity contribution in [2.75, 3.05) is 0 Å². The maximum Gasteiger partial charge on any atom is 0.411 e. The molecule has 0 fully saturated rings. The van der Waals surface area contributed by atoms with Crippen LogP contribution in [0.25, 0.3) is 21.9 Å². The number of benzene rings is 17. The van der Waals surface area contributed by atoms with Crippen molar-refractivity contribution in [3.8, 4) is 45.6 Å². The van der Waals surface area contributed by atoms with E-state index in [2.05, 4.69) is 165 Å². The van der Waals surface area contributed by atoms with E-state index < -0.39 is 67.6 Å². The van der Waals surface area contributed by atoms with Gasteiger partial charge in [-0.2, -0.15) is 52.7 Å². The van der Waals surface area contributed by atoms with Gasteiger partial charge in [0.15, 0.2) is 5.78 Å². The number of alkyl halides is 12. The van der Waals surface area contributed by atoms with Gasteiger partial charge in [-0.15, -0.1) is 0 Å². The minimum Gasteiger partial charge on any atom is -0.457 e. The molecule has 0 unspecified atom stereocenters. The van der Waals surface area contributed by atoms with E-state index in [1.807, 2.05) is 139 Å². The van der Waals surface area contributed by atoms with Gasteiger partial charge in [0, 0.05) is 11.1 Å². The Morgan fingerprint density at radius 3 is 0.552 bits per heavy atom. The molecule has 0 aromatic heterocycles. The molecule has 0 bridgehead atoms. The molecule has 0 amide bonds. The fourth-order valence-corrected chi connectivity index (χ4v) is 16.1. The van der Waals surface area contributed by atoms with E-state index in [0.29, 0.717) is 32.4 Å². The average molecular weight is 1960 g/mol. The fraction of sp³-hybridized carbons (Fsp3) is 0.185. The molecule has 17 aromatic carbocycles. The SMILES string of the molecule is C.Cc1ccc(-c2ccc(C)cc2)cc1.Cc1ccc(C(=O)c2ccc(C)cc2)cc1.Cc1ccc(C(c2ccc(C)cc2)(C(F)(F)F)C(F)(F)F)cc1.Cc1ccc(C)cc1.Cc1ccc(Oc2ccc(C(c3ccc(Oc4ccc(C)cc4)cc3)(C(F)(F)F)C(F)(F)F)cc2)cc1.Cc1ccc(Oc2ccc(C)cc2)cc1.Cc1ccc(S(=O)(=O)c2ccc(C)cc2)cc1.Cc1cccc2c(C)cccc12. The van der Waals surface area contributed by atoms with Gasteiger partial charge in [-0.1, -0.05) is 389 Å². The summed E-state index contributed by atoms with van der Waals surface area (Å²) in [7, 11) is -3.37. The Bertz CT molecular complexity index is 6560. The monoisotopic (exact) mass is 1960 g/mol. The Morgan fingerprint density at radius 2 is 0.357 bits per heavy atom. The van der Waals surface area contributed by atoms with Crippen LogP contribution in [0, 0.1) is 111 Å². The van der Waals surface area contributed by atoms with Crippen LogP contribution >= 0.6 is 0 Å². The summed E-state index contributed by atoms with van der Waals surface area (Å²) in [5.41, 5.74) is 10.1. The van der Waals surface area contributed by atoms with Gasteiger partial charge in [0.1, 0.15) is 34.5 Å². The quantitative estimate of drug-likeness (QED) is 0.0752. The second-order valence-electron chi connectivity index (χ2n) is 35.2. The van der Waals surface area contributed by atoms with Crippen molar-refractivity contribution in [3.05, 3.63) is 523 Å². The van der Waals surface area contributed by atoms with Gasteiger partial charge in [0.05, 0.1) is 9.79 Å². The highest BCUT2D eigenvalue weighted by molar-refractivity contribution is 7.91. The van der Waals surface area contributed by atoms with Crippen LogP contribution in [0.15, 0.2) is 410 Å². The molecule has 0 radical (unpaired) electrons. The number of rotatable bonds is 15. The number of hydrogen-bond acceptors (Lipinski definition) is 6. The summed E-state index contributed by atoms with van der Waals surface area (Å²) in [6, 6.07) is 114. The topological polar surface area (TPSA) is 78.9 Å². The molecule has 0 spiro atoms. The van der Waals surface area contributed by atoms with Crippen LogP contribution in [0.3, 0.4) is 0 Å². The summed E-state index contributed by atoms with van der Waals surface area (Å²) in [5.74, 6) is 2.86. The van der Waals surface area contributed by atoms with Gasteiger partial charge < -0.3 is 14.2 Å². The second-order valence-corrected chi connectivity index (χ2v) is 37.1. The first-order valence-electron chi connectivity index (χ1n) is 45.7. The van der Waals surface area contributed by atoms with Gasteiger partial charge in [-0.25, -0.2) is 8.42 Å². The molecule has 19 heteroatoms. The Balaban J connectivity index is 0.000000189. The van der Waals surface area contributed by atoms with E-state index in [1.54, 1.807) is 111 Å². The van der Waals surface area contributed by atoms with Crippen molar-refractivity contribution < 1.29 is 80.1 Å². The molecule has 740 valence electrons. The van der Waals surface area contributed by atoms with Gasteiger partial charge in [0.25, 0.3) is 0 Å². The molecule has 0 saturated heterocycles. The maximum absolute atomic E-state index is 14.4. The van der Waals surface area contributed by atoms with Crippen molar-refractivity contribution in [3.63, 3.8) is 0 Å². The van der Waals surface area contributed by atoms with Crippen LogP contribution in [-0.2, 0) is 20.7 Å². The summed E-state index contributed by atoms with van der Waals surface area (Å²) >= 11 is 0. The van der Waals surface area contributed by atoms with Crippen LogP contribution in [0.2, 0.25) is 0 Å². The van der Waals surface area contributed by atoms with E-state index in [0.717, 1.165) is 118 Å². The van der Waals surface area contributed by atoms with Crippen LogP contribution in [0.4, 0.5) is 52.7 Å². The summed E-state index contributed by atoms with van der Waals surface area (Å²) in [6.45, 7) is 31.7. The number of halogens is 12. The summed E-state index contributed by atoms with van der Waals surface area (Å²) in [6.07, 6.45) is -22.4. The highest BCUT2D eigenvalue weighted by Crippen LogP contribution is 2.58. The first-order valence-corrected chi connectivity index (χ1v) is 47.2. The molecule has 17 rings (SSSR count). The van der Waals surface area contributed by atoms with Crippen molar-refractivity contribution in [1.82, 2.24) is 0 Å². The summed E-state index contributed by atoms with van der Waals surface area (Å²) in [4.78, 5) is 12.7. The molecule has 0 N–H and O–H groups in total. The minimum atomic E-state index is -5.69. The van der Waals surface area contributed by atoms with Crippen molar-refractivity contribution in [2.24, 2.45) is 0 Å². The summed E-state index contributed by atoms with van der Waals surface area (Å²) < 4.78 is 210. The normalized spacial score (nSPS) is 11.2. The van der Waals surface area contributed by atoms with Gasteiger partial charge >= 0.3 is 24.7 Å². The highest BCUT2D eigenvalue weighted by Gasteiger charge is 2.73. The number of hydrogen-bond donors (Lipinski definition) is 0. The van der Waals surface area contributed by atoms with Crippen molar-refractivity contribution in [1.29, 1.82) is 0 Å². The van der Waals surface area contributed by atoms with Crippen molar-refractivity contribution in [2.45, 2.75) is 164 Å². The second kappa shape index (κ2) is 50.0. The fourth-order valence-electron chi connectivity index (χ4n) is 14.9. The number of ether oxygens (including phenoxy) is 3. The number of ketones is 1. The third kappa shape index (κ3) is 30.6. The lowest BCUT2D eigenvalue weighted by molar-refractivity contribution is -0.290. The Hall–Kier alpha value is -14.8. The summed E-state index contributed by atoms with van der Waals surface area (Å²) in [5, 5.41) is 2.75. The molecule has 6 nitrogen and oxygen atoms in total. The zero-order valence-electron chi connectivity index (χ0n) is 82.0. The van der Waals surface area contributed by atoms with Gasteiger partial charge in [0.2, 0.25) is 20.7 Å². The maximum atomic E-state index is 14.4.